The first-order valence-electron chi connectivity index (χ1n) is 6.55. The molecule has 0 bridgehead atoms. The number of nitrogens with one attached hydrogen (secondary N) is 1. The van der Waals surface area contributed by atoms with E-state index in [2.05, 4.69) is 15.5 Å². The topological polar surface area (TPSA) is 64.7 Å². The molecule has 2 heterocycles. The lowest BCUT2D eigenvalue weighted by Crippen LogP contribution is -2.31. The molecule has 0 fully saturated rings. The summed E-state index contributed by atoms with van der Waals surface area (Å²) < 4.78 is 3.50. The van der Waals surface area contributed by atoms with E-state index < -0.39 is 0 Å². The molecule has 0 saturated carbocycles. The predicted molar refractivity (Wildman–Crippen MR) is 76.1 cm³/mol. The van der Waals surface area contributed by atoms with Gasteiger partial charge in [-0.15, -0.1) is 0 Å². The van der Waals surface area contributed by atoms with Crippen LogP contribution in [0.2, 0.25) is 5.02 Å². The fourth-order valence-corrected chi connectivity index (χ4v) is 1.99. The summed E-state index contributed by atoms with van der Waals surface area (Å²) in [6.07, 6.45) is 6.96. The first kappa shape index (κ1) is 14.6. The van der Waals surface area contributed by atoms with E-state index in [1.807, 2.05) is 24.7 Å². The van der Waals surface area contributed by atoms with Crippen LogP contribution in [0.1, 0.15) is 19.4 Å². The first-order valence-corrected chi connectivity index (χ1v) is 6.93. The van der Waals surface area contributed by atoms with Gasteiger partial charge in [-0.05, 0) is 6.92 Å². The zero-order chi connectivity index (χ0) is 14.5. The molecule has 1 atom stereocenters. The summed E-state index contributed by atoms with van der Waals surface area (Å²) in [4.78, 5) is 12.0. The van der Waals surface area contributed by atoms with E-state index in [9.17, 15) is 4.79 Å². The van der Waals surface area contributed by atoms with Gasteiger partial charge < -0.3 is 5.32 Å². The standard InChI is InChI=1S/C13H18ClN5O/c1-3-18-8-11(5-16-18)4-15-13(20)10(2)7-19-9-12(14)6-17-19/h5-6,8-10H,3-4,7H2,1-2H3,(H,15,20). The molecule has 0 aliphatic heterocycles. The summed E-state index contributed by atoms with van der Waals surface area (Å²) in [7, 11) is 0. The summed E-state index contributed by atoms with van der Waals surface area (Å²) in [6, 6.07) is 0. The van der Waals surface area contributed by atoms with E-state index in [-0.39, 0.29) is 11.8 Å². The Labute approximate surface area is 122 Å². The number of nitrogens with zero attached hydrogens (tertiary/aromatic N) is 4. The number of aromatic nitrogens is 4. The molecule has 1 unspecified atom stereocenters. The lowest BCUT2D eigenvalue weighted by Gasteiger charge is -2.11. The number of hydrogen-bond acceptors (Lipinski definition) is 3. The van der Waals surface area contributed by atoms with Gasteiger partial charge in [0, 0.05) is 31.0 Å². The molecule has 0 aromatic carbocycles. The summed E-state index contributed by atoms with van der Waals surface area (Å²) >= 11 is 5.79. The van der Waals surface area contributed by atoms with Gasteiger partial charge in [0.25, 0.3) is 0 Å². The highest BCUT2D eigenvalue weighted by Gasteiger charge is 2.14. The SMILES string of the molecule is CCn1cc(CNC(=O)C(C)Cn2cc(Cl)cn2)cn1. The van der Waals surface area contributed by atoms with Crippen molar-refractivity contribution in [2.45, 2.75) is 33.5 Å². The van der Waals surface area contributed by atoms with Crippen molar-refractivity contribution >= 4 is 17.5 Å². The van der Waals surface area contributed by atoms with Crippen molar-refractivity contribution in [3.05, 3.63) is 35.4 Å². The molecular formula is C13H18ClN5O. The quantitative estimate of drug-likeness (QED) is 0.882. The van der Waals surface area contributed by atoms with E-state index in [0.717, 1.165) is 12.1 Å². The second kappa shape index (κ2) is 6.56. The first-order chi connectivity index (χ1) is 9.58. The second-order valence-corrected chi connectivity index (χ2v) is 5.14. The van der Waals surface area contributed by atoms with Crippen molar-refractivity contribution in [1.29, 1.82) is 0 Å². The van der Waals surface area contributed by atoms with E-state index in [4.69, 9.17) is 11.6 Å². The third-order valence-electron chi connectivity index (χ3n) is 2.99. The molecule has 7 heteroatoms. The van der Waals surface area contributed by atoms with Crippen LogP contribution in [0.15, 0.2) is 24.8 Å². The van der Waals surface area contributed by atoms with E-state index >= 15 is 0 Å². The van der Waals surface area contributed by atoms with Crippen LogP contribution in [0.3, 0.4) is 0 Å². The molecule has 0 aliphatic carbocycles. The van der Waals surface area contributed by atoms with Crippen molar-refractivity contribution in [3.8, 4) is 0 Å². The Morgan fingerprint density at radius 2 is 2.10 bits per heavy atom. The highest BCUT2D eigenvalue weighted by molar-refractivity contribution is 6.30. The maximum atomic E-state index is 12.0. The third kappa shape index (κ3) is 3.84. The molecule has 6 nitrogen and oxygen atoms in total. The molecule has 0 spiro atoms. The Morgan fingerprint density at radius 3 is 2.70 bits per heavy atom. The summed E-state index contributed by atoms with van der Waals surface area (Å²) in [5.41, 5.74) is 0.995. The molecule has 0 saturated heterocycles. The van der Waals surface area contributed by atoms with E-state index in [1.165, 1.54) is 0 Å². The van der Waals surface area contributed by atoms with E-state index in [1.54, 1.807) is 23.3 Å². The van der Waals surface area contributed by atoms with Crippen LogP contribution in [0.5, 0.6) is 0 Å². The molecule has 0 aliphatic rings. The van der Waals surface area contributed by atoms with Crippen LogP contribution in [-0.2, 0) is 24.4 Å². The van der Waals surface area contributed by atoms with Crippen LogP contribution in [0, 0.1) is 5.92 Å². The smallest absolute Gasteiger partial charge is 0.224 e. The minimum atomic E-state index is -0.174. The maximum absolute atomic E-state index is 12.0. The Morgan fingerprint density at radius 1 is 1.35 bits per heavy atom. The van der Waals surface area contributed by atoms with Gasteiger partial charge in [0.15, 0.2) is 0 Å². The Balaban J connectivity index is 1.81. The number of carbonyl (C=O) groups is 1. The summed E-state index contributed by atoms with van der Waals surface area (Å²) in [5.74, 6) is -0.187. The van der Waals surface area contributed by atoms with Crippen molar-refractivity contribution in [1.82, 2.24) is 24.9 Å². The predicted octanol–water partition coefficient (Wildman–Crippen LogP) is 1.71. The molecule has 2 aromatic rings. The molecular weight excluding hydrogens is 278 g/mol. The Hall–Kier alpha value is -1.82. The second-order valence-electron chi connectivity index (χ2n) is 4.70. The maximum Gasteiger partial charge on any atom is 0.224 e. The number of halogens is 1. The van der Waals surface area contributed by atoms with Crippen LogP contribution < -0.4 is 5.32 Å². The molecule has 20 heavy (non-hydrogen) atoms. The van der Waals surface area contributed by atoms with Crippen LogP contribution in [0.4, 0.5) is 0 Å². The van der Waals surface area contributed by atoms with Crippen molar-refractivity contribution in [2.24, 2.45) is 5.92 Å². The Bertz CT molecular complexity index is 577. The molecule has 1 N–H and O–H groups in total. The number of carbonyl (C=O) groups excluding carboxylic acids is 1. The number of amides is 1. The van der Waals surface area contributed by atoms with Gasteiger partial charge in [0.1, 0.15) is 0 Å². The average molecular weight is 296 g/mol. The Kier molecular flexibility index (Phi) is 4.79. The monoisotopic (exact) mass is 295 g/mol. The van der Waals surface area contributed by atoms with Gasteiger partial charge in [-0.2, -0.15) is 10.2 Å². The largest absolute Gasteiger partial charge is 0.352 e. The van der Waals surface area contributed by atoms with Crippen LogP contribution in [0.25, 0.3) is 0 Å². The van der Waals surface area contributed by atoms with Gasteiger partial charge in [-0.25, -0.2) is 0 Å². The average Bonchev–Trinajstić information content (AvgIpc) is 3.04. The van der Waals surface area contributed by atoms with E-state index in [0.29, 0.717) is 18.1 Å². The van der Waals surface area contributed by atoms with Crippen molar-refractivity contribution in [2.75, 3.05) is 0 Å². The minimum absolute atomic E-state index is 0.0131. The van der Waals surface area contributed by atoms with Crippen LogP contribution >= 0.6 is 11.6 Å². The van der Waals surface area contributed by atoms with Crippen molar-refractivity contribution < 1.29 is 4.79 Å². The molecule has 108 valence electrons. The highest BCUT2D eigenvalue weighted by atomic mass is 35.5. The van der Waals surface area contributed by atoms with Crippen molar-refractivity contribution in [3.63, 3.8) is 0 Å². The van der Waals surface area contributed by atoms with Gasteiger partial charge >= 0.3 is 0 Å². The zero-order valence-electron chi connectivity index (χ0n) is 11.6. The summed E-state index contributed by atoms with van der Waals surface area (Å²) in [5, 5.41) is 11.7. The summed E-state index contributed by atoms with van der Waals surface area (Å²) in [6.45, 7) is 5.70. The van der Waals surface area contributed by atoms with Crippen LogP contribution in [-0.4, -0.2) is 25.5 Å². The molecule has 2 rings (SSSR count). The van der Waals surface area contributed by atoms with Gasteiger partial charge in [0.05, 0.1) is 29.9 Å². The normalized spacial score (nSPS) is 12.3. The molecule has 1 amide bonds. The number of rotatable bonds is 6. The fraction of sp³-hybridized carbons (Fsp3) is 0.462. The van der Waals surface area contributed by atoms with Gasteiger partial charge in [0.2, 0.25) is 5.91 Å². The fourth-order valence-electron chi connectivity index (χ4n) is 1.84. The third-order valence-corrected chi connectivity index (χ3v) is 3.18. The zero-order valence-corrected chi connectivity index (χ0v) is 12.3. The lowest BCUT2D eigenvalue weighted by molar-refractivity contribution is -0.125. The number of aryl methyl sites for hydroxylation is 1. The lowest BCUT2D eigenvalue weighted by atomic mass is 10.1. The van der Waals surface area contributed by atoms with Gasteiger partial charge in [-0.1, -0.05) is 18.5 Å². The minimum Gasteiger partial charge on any atom is -0.352 e. The van der Waals surface area contributed by atoms with Gasteiger partial charge in [-0.3, -0.25) is 14.2 Å². The highest BCUT2D eigenvalue weighted by Crippen LogP contribution is 2.07. The molecule has 2 aromatic heterocycles. The number of hydrogen-bond donors (Lipinski definition) is 1. The molecule has 0 radical (unpaired) electrons.